The van der Waals surface area contributed by atoms with Crippen molar-refractivity contribution in [3.05, 3.63) is 35.4 Å². The molecule has 4 nitrogen and oxygen atoms in total. The van der Waals surface area contributed by atoms with E-state index in [1.165, 1.54) is 0 Å². The van der Waals surface area contributed by atoms with Crippen molar-refractivity contribution in [1.29, 1.82) is 5.26 Å². The van der Waals surface area contributed by atoms with E-state index in [2.05, 4.69) is 16.7 Å². The average molecular weight is 231 g/mol. The summed E-state index contributed by atoms with van der Waals surface area (Å²) in [7, 11) is 1.64. The van der Waals surface area contributed by atoms with Gasteiger partial charge in [-0.05, 0) is 30.7 Å². The van der Waals surface area contributed by atoms with E-state index in [-0.39, 0.29) is 5.91 Å². The number of hydrogen-bond donors (Lipinski definition) is 2. The van der Waals surface area contributed by atoms with Crippen molar-refractivity contribution < 1.29 is 4.79 Å². The topological polar surface area (TPSA) is 64.9 Å². The summed E-state index contributed by atoms with van der Waals surface area (Å²) < 4.78 is 0. The lowest BCUT2D eigenvalue weighted by molar-refractivity contribution is -0.120. The van der Waals surface area contributed by atoms with Crippen LogP contribution in [0.3, 0.4) is 0 Å². The third kappa shape index (κ3) is 5.14. The molecule has 1 aromatic carbocycles. The highest BCUT2D eigenvalue weighted by Crippen LogP contribution is 2.03. The molecule has 0 radical (unpaired) electrons. The SMILES string of the molecule is CNC(=O)CCCNCc1cccc(C#N)c1. The Balaban J connectivity index is 2.22. The molecular formula is C13H17N3O. The minimum Gasteiger partial charge on any atom is -0.359 e. The number of carbonyl (C=O) groups excluding carboxylic acids is 1. The smallest absolute Gasteiger partial charge is 0.219 e. The zero-order valence-corrected chi connectivity index (χ0v) is 9.99. The number of nitrogens with one attached hydrogen (secondary N) is 2. The largest absolute Gasteiger partial charge is 0.359 e. The fourth-order valence-electron chi connectivity index (χ4n) is 1.48. The van der Waals surface area contributed by atoms with Gasteiger partial charge in [-0.25, -0.2) is 0 Å². The van der Waals surface area contributed by atoms with Crippen molar-refractivity contribution in [2.45, 2.75) is 19.4 Å². The molecule has 0 saturated heterocycles. The maximum Gasteiger partial charge on any atom is 0.219 e. The molecule has 1 amide bonds. The van der Waals surface area contributed by atoms with Gasteiger partial charge in [0, 0.05) is 20.0 Å². The van der Waals surface area contributed by atoms with Crippen LogP contribution in [0.15, 0.2) is 24.3 Å². The molecule has 0 aliphatic heterocycles. The quantitative estimate of drug-likeness (QED) is 0.722. The predicted octanol–water partition coefficient (Wildman–Crippen LogP) is 1.17. The molecule has 0 aliphatic rings. The molecule has 0 unspecified atom stereocenters. The van der Waals surface area contributed by atoms with Crippen molar-refractivity contribution in [2.24, 2.45) is 0 Å². The summed E-state index contributed by atoms with van der Waals surface area (Å²) in [5.74, 6) is 0.0678. The molecule has 0 aliphatic carbocycles. The van der Waals surface area contributed by atoms with Crippen LogP contribution in [0, 0.1) is 11.3 Å². The number of amides is 1. The Kier molecular flexibility index (Phi) is 5.76. The van der Waals surface area contributed by atoms with Gasteiger partial charge >= 0.3 is 0 Å². The molecule has 0 bridgehead atoms. The van der Waals surface area contributed by atoms with Crippen LogP contribution in [0.5, 0.6) is 0 Å². The van der Waals surface area contributed by atoms with Crippen LogP contribution in [0.2, 0.25) is 0 Å². The maximum atomic E-state index is 11.0. The second kappa shape index (κ2) is 7.42. The molecule has 0 atom stereocenters. The Labute approximate surface area is 102 Å². The van der Waals surface area contributed by atoms with Gasteiger partial charge in [-0.1, -0.05) is 12.1 Å². The molecule has 90 valence electrons. The van der Waals surface area contributed by atoms with Gasteiger partial charge in [-0.2, -0.15) is 5.26 Å². The summed E-state index contributed by atoms with van der Waals surface area (Å²) in [6.45, 7) is 1.52. The molecule has 0 saturated carbocycles. The summed E-state index contributed by atoms with van der Waals surface area (Å²) in [4.78, 5) is 11.0. The molecule has 1 aromatic rings. The first-order chi connectivity index (χ1) is 8.26. The molecular weight excluding hydrogens is 214 g/mol. The first-order valence-corrected chi connectivity index (χ1v) is 5.66. The predicted molar refractivity (Wildman–Crippen MR) is 66.2 cm³/mol. The Morgan fingerprint density at radius 1 is 1.47 bits per heavy atom. The van der Waals surface area contributed by atoms with Gasteiger partial charge in [-0.15, -0.1) is 0 Å². The summed E-state index contributed by atoms with van der Waals surface area (Å²) in [6.07, 6.45) is 1.36. The highest BCUT2D eigenvalue weighted by molar-refractivity contribution is 5.75. The maximum absolute atomic E-state index is 11.0. The molecule has 2 N–H and O–H groups in total. The van der Waals surface area contributed by atoms with E-state index >= 15 is 0 Å². The van der Waals surface area contributed by atoms with Crippen LogP contribution in [-0.2, 0) is 11.3 Å². The summed E-state index contributed by atoms with van der Waals surface area (Å²) in [5, 5.41) is 14.6. The second-order valence-electron chi connectivity index (χ2n) is 3.77. The van der Waals surface area contributed by atoms with E-state index in [0.717, 1.165) is 25.1 Å². The van der Waals surface area contributed by atoms with Gasteiger partial charge in [0.2, 0.25) is 5.91 Å². The standard InChI is InChI=1S/C13H17N3O/c1-15-13(17)6-3-7-16-10-12-5-2-4-11(8-12)9-14/h2,4-5,8,16H,3,6-7,10H2,1H3,(H,15,17). The third-order valence-electron chi connectivity index (χ3n) is 2.42. The van der Waals surface area contributed by atoms with Crippen LogP contribution >= 0.6 is 0 Å². The molecule has 0 fully saturated rings. The van der Waals surface area contributed by atoms with Crippen LogP contribution in [0.25, 0.3) is 0 Å². The number of nitriles is 1. The zero-order chi connectivity index (χ0) is 12.5. The van der Waals surface area contributed by atoms with Crippen molar-refractivity contribution in [3.63, 3.8) is 0 Å². The van der Waals surface area contributed by atoms with Gasteiger partial charge in [0.05, 0.1) is 11.6 Å². The zero-order valence-electron chi connectivity index (χ0n) is 9.99. The fraction of sp³-hybridized carbons (Fsp3) is 0.385. The summed E-state index contributed by atoms with van der Waals surface area (Å²) >= 11 is 0. The van der Waals surface area contributed by atoms with E-state index in [1.807, 2.05) is 18.2 Å². The number of hydrogen-bond acceptors (Lipinski definition) is 3. The Hall–Kier alpha value is -1.86. The molecule has 0 heterocycles. The Bertz CT molecular complexity index is 409. The number of rotatable bonds is 6. The lowest BCUT2D eigenvalue weighted by atomic mass is 10.1. The van der Waals surface area contributed by atoms with E-state index in [0.29, 0.717) is 12.0 Å². The van der Waals surface area contributed by atoms with Crippen molar-refractivity contribution in [1.82, 2.24) is 10.6 Å². The highest BCUT2D eigenvalue weighted by atomic mass is 16.1. The molecule has 4 heteroatoms. The van der Waals surface area contributed by atoms with Crippen LogP contribution < -0.4 is 10.6 Å². The van der Waals surface area contributed by atoms with Gasteiger partial charge in [0.15, 0.2) is 0 Å². The average Bonchev–Trinajstić information content (AvgIpc) is 2.38. The first kappa shape index (κ1) is 13.2. The summed E-state index contributed by atoms with van der Waals surface area (Å²) in [6, 6.07) is 9.62. The first-order valence-electron chi connectivity index (χ1n) is 5.66. The molecule has 0 spiro atoms. The lowest BCUT2D eigenvalue weighted by Gasteiger charge is -2.04. The van der Waals surface area contributed by atoms with Crippen molar-refractivity contribution in [2.75, 3.05) is 13.6 Å². The van der Waals surface area contributed by atoms with Crippen molar-refractivity contribution >= 4 is 5.91 Å². The number of carbonyl (C=O) groups is 1. The minimum absolute atomic E-state index is 0.0678. The summed E-state index contributed by atoms with van der Waals surface area (Å²) in [5.41, 5.74) is 1.76. The fourth-order valence-corrected chi connectivity index (χ4v) is 1.48. The highest BCUT2D eigenvalue weighted by Gasteiger charge is 1.98. The van der Waals surface area contributed by atoms with Gasteiger partial charge in [-0.3, -0.25) is 4.79 Å². The van der Waals surface area contributed by atoms with Gasteiger partial charge < -0.3 is 10.6 Å². The van der Waals surface area contributed by atoms with Crippen LogP contribution in [0.1, 0.15) is 24.0 Å². The van der Waals surface area contributed by atoms with Gasteiger partial charge in [0.1, 0.15) is 0 Å². The number of benzene rings is 1. The van der Waals surface area contributed by atoms with E-state index in [1.54, 1.807) is 13.1 Å². The second-order valence-corrected chi connectivity index (χ2v) is 3.77. The lowest BCUT2D eigenvalue weighted by Crippen LogP contribution is -2.20. The Morgan fingerprint density at radius 2 is 2.29 bits per heavy atom. The van der Waals surface area contributed by atoms with E-state index in [4.69, 9.17) is 5.26 Å². The third-order valence-corrected chi connectivity index (χ3v) is 2.42. The Morgan fingerprint density at radius 3 is 3.00 bits per heavy atom. The monoisotopic (exact) mass is 231 g/mol. The normalized spacial score (nSPS) is 9.65. The van der Waals surface area contributed by atoms with Crippen molar-refractivity contribution in [3.8, 4) is 6.07 Å². The van der Waals surface area contributed by atoms with Crippen LogP contribution in [-0.4, -0.2) is 19.5 Å². The van der Waals surface area contributed by atoms with E-state index in [9.17, 15) is 4.79 Å². The molecule has 1 rings (SSSR count). The molecule has 17 heavy (non-hydrogen) atoms. The molecule has 0 aromatic heterocycles. The van der Waals surface area contributed by atoms with Crippen LogP contribution in [0.4, 0.5) is 0 Å². The minimum atomic E-state index is 0.0678. The number of nitrogens with zero attached hydrogens (tertiary/aromatic N) is 1. The van der Waals surface area contributed by atoms with E-state index < -0.39 is 0 Å². The van der Waals surface area contributed by atoms with Gasteiger partial charge in [0.25, 0.3) is 0 Å².